The maximum atomic E-state index is 14.5. The number of ketones is 1. The number of aliphatic imine (C=N–C) groups is 1. The summed E-state index contributed by atoms with van der Waals surface area (Å²) in [4.78, 5) is 31.2. The van der Waals surface area contributed by atoms with Crippen LogP contribution in [0.1, 0.15) is 29.5 Å². The number of amides is 1. The average Bonchev–Trinajstić information content (AvgIpc) is 2.84. The Bertz CT molecular complexity index is 1020. The molecule has 0 fully saturated rings. The molecule has 0 heterocycles. The summed E-state index contributed by atoms with van der Waals surface area (Å²) in [5, 5.41) is 0. The van der Waals surface area contributed by atoms with Gasteiger partial charge < -0.3 is 22.9 Å². The van der Waals surface area contributed by atoms with E-state index in [0.717, 1.165) is 0 Å². The number of carbonyl (C=O) groups is 2. The lowest BCUT2D eigenvalue weighted by atomic mass is 9.61. The summed E-state index contributed by atoms with van der Waals surface area (Å²) in [6, 6.07) is 27.9. The van der Waals surface area contributed by atoms with Crippen LogP contribution in [-0.4, -0.2) is 29.7 Å². The summed E-state index contributed by atoms with van der Waals surface area (Å²) < 4.78 is 0. The number of primary amides is 1. The van der Waals surface area contributed by atoms with Gasteiger partial charge in [-0.2, -0.15) is 0 Å². The Balaban J connectivity index is 2.27. The van der Waals surface area contributed by atoms with E-state index in [9.17, 15) is 9.59 Å². The molecule has 1 amide bonds. The third-order valence-electron chi connectivity index (χ3n) is 5.83. The van der Waals surface area contributed by atoms with E-state index >= 15 is 0 Å². The molecule has 8 N–H and O–H groups in total. The normalized spacial score (nSPS) is 13.0. The first-order chi connectivity index (χ1) is 15.8. The van der Waals surface area contributed by atoms with Crippen molar-refractivity contribution in [3.63, 3.8) is 0 Å². The fourth-order valence-corrected chi connectivity index (χ4v) is 4.21. The topological polar surface area (TPSA) is 151 Å². The highest BCUT2D eigenvalue weighted by Crippen LogP contribution is 2.43. The molecular formula is C26H29N5O2. The molecule has 0 aliphatic heterocycles. The number of rotatable bonds is 10. The predicted octanol–water partition coefficient (Wildman–Crippen LogP) is 1.83. The van der Waals surface area contributed by atoms with Crippen LogP contribution >= 0.6 is 0 Å². The van der Waals surface area contributed by atoms with Crippen LogP contribution in [0.2, 0.25) is 0 Å². The van der Waals surface area contributed by atoms with Gasteiger partial charge in [0.15, 0.2) is 17.3 Å². The minimum absolute atomic E-state index is 0.00774. The number of guanidine groups is 1. The molecule has 0 saturated carbocycles. The fraction of sp³-hybridized carbons (Fsp3) is 0.192. The number of hydrogen-bond donors (Lipinski definition) is 4. The number of nitrogens with zero attached hydrogens (tertiary/aromatic N) is 1. The first-order valence-electron chi connectivity index (χ1n) is 10.7. The molecule has 0 unspecified atom stereocenters. The van der Waals surface area contributed by atoms with Gasteiger partial charge in [-0.1, -0.05) is 91.0 Å². The van der Waals surface area contributed by atoms with Gasteiger partial charge in [0.1, 0.15) is 5.41 Å². The molecular weight excluding hydrogens is 414 g/mol. The van der Waals surface area contributed by atoms with Gasteiger partial charge in [0.25, 0.3) is 0 Å². The van der Waals surface area contributed by atoms with Crippen LogP contribution in [0.3, 0.4) is 0 Å². The second kappa shape index (κ2) is 10.1. The summed E-state index contributed by atoms with van der Waals surface area (Å²) in [5.74, 6) is -1.48. The lowest BCUT2D eigenvalue weighted by Crippen LogP contribution is -2.64. The van der Waals surface area contributed by atoms with Gasteiger partial charge in [-0.3, -0.25) is 14.6 Å². The summed E-state index contributed by atoms with van der Waals surface area (Å²) in [7, 11) is 0. The van der Waals surface area contributed by atoms with E-state index in [1.807, 2.05) is 91.0 Å². The lowest BCUT2D eigenvalue weighted by molar-refractivity contribution is -0.136. The van der Waals surface area contributed by atoms with E-state index in [0.29, 0.717) is 23.1 Å². The van der Waals surface area contributed by atoms with E-state index in [1.165, 1.54) is 0 Å². The zero-order chi connectivity index (χ0) is 23.9. The highest BCUT2D eigenvalue weighted by molar-refractivity contribution is 6.17. The molecule has 0 saturated heterocycles. The molecule has 33 heavy (non-hydrogen) atoms. The van der Waals surface area contributed by atoms with Gasteiger partial charge in [-0.15, -0.1) is 0 Å². The van der Waals surface area contributed by atoms with Gasteiger partial charge in [0.2, 0.25) is 5.91 Å². The van der Waals surface area contributed by atoms with E-state index in [2.05, 4.69) is 4.99 Å². The molecule has 0 aliphatic carbocycles. The smallest absolute Gasteiger partial charge is 0.245 e. The Labute approximate surface area is 193 Å². The molecule has 7 nitrogen and oxygen atoms in total. The van der Waals surface area contributed by atoms with Crippen molar-refractivity contribution in [2.45, 2.75) is 23.8 Å². The highest BCUT2D eigenvalue weighted by atomic mass is 16.2. The Kier molecular flexibility index (Phi) is 7.25. The molecule has 0 spiro atoms. The largest absolute Gasteiger partial charge is 0.370 e. The van der Waals surface area contributed by atoms with Crippen LogP contribution in [-0.2, 0) is 15.0 Å². The molecule has 3 aromatic rings. The van der Waals surface area contributed by atoms with Crippen molar-refractivity contribution in [2.75, 3.05) is 6.54 Å². The van der Waals surface area contributed by atoms with Gasteiger partial charge in [-0.25, -0.2) is 0 Å². The lowest BCUT2D eigenvalue weighted by Gasteiger charge is -2.40. The molecule has 7 heteroatoms. The molecule has 1 atom stereocenters. The first kappa shape index (κ1) is 23.7. The standard InChI is InChI=1S/C26H29N5O2/c27-23(33)25(30,17-10-18-31-24(28)29)22(32)26(19-11-4-1-5-12-19,20-13-6-2-7-14-20)21-15-8-3-9-16-21/h1-9,11-16H,10,17-18,30H2,(H2,27,33)(H4,28,29,31)/t25-/m1/s1. The Morgan fingerprint density at radius 3 is 1.42 bits per heavy atom. The number of Topliss-reactive ketones (excluding diaryl/α,β-unsaturated/α-hetero) is 1. The SMILES string of the molecule is NC(=O)[C@@](N)(CCCN=C(N)N)C(=O)C(c1ccccc1)(c1ccccc1)c1ccccc1. The number of hydrogen-bond acceptors (Lipinski definition) is 4. The van der Waals surface area contributed by atoms with E-state index in [1.54, 1.807) is 0 Å². The van der Waals surface area contributed by atoms with Crippen LogP contribution < -0.4 is 22.9 Å². The van der Waals surface area contributed by atoms with Crippen LogP contribution in [0.15, 0.2) is 96.0 Å². The van der Waals surface area contributed by atoms with Gasteiger partial charge in [0.05, 0.1) is 0 Å². The van der Waals surface area contributed by atoms with Crippen molar-refractivity contribution in [3.8, 4) is 0 Å². The molecule has 0 radical (unpaired) electrons. The van der Waals surface area contributed by atoms with Gasteiger partial charge in [0, 0.05) is 6.54 Å². The molecule has 170 valence electrons. The summed E-state index contributed by atoms with van der Waals surface area (Å²) in [5.41, 5.74) is 21.9. The Hall–Kier alpha value is -3.97. The third kappa shape index (κ3) is 4.63. The van der Waals surface area contributed by atoms with Crippen molar-refractivity contribution in [1.82, 2.24) is 0 Å². The van der Waals surface area contributed by atoms with Crippen molar-refractivity contribution >= 4 is 17.6 Å². The summed E-state index contributed by atoms with van der Waals surface area (Å²) in [6.45, 7) is 0.219. The molecule has 0 aromatic heterocycles. The van der Waals surface area contributed by atoms with Crippen LogP contribution in [0.5, 0.6) is 0 Å². The Morgan fingerprint density at radius 1 is 0.697 bits per heavy atom. The molecule has 0 aliphatic rings. The van der Waals surface area contributed by atoms with E-state index < -0.39 is 22.6 Å². The predicted molar refractivity (Wildman–Crippen MR) is 130 cm³/mol. The Morgan fingerprint density at radius 2 is 1.09 bits per heavy atom. The van der Waals surface area contributed by atoms with Crippen LogP contribution in [0.25, 0.3) is 0 Å². The van der Waals surface area contributed by atoms with Crippen molar-refractivity contribution in [1.29, 1.82) is 0 Å². The molecule has 3 rings (SSSR count). The second-order valence-electron chi connectivity index (χ2n) is 7.92. The minimum Gasteiger partial charge on any atom is -0.370 e. The monoisotopic (exact) mass is 443 g/mol. The van der Waals surface area contributed by atoms with Gasteiger partial charge in [-0.05, 0) is 29.5 Å². The van der Waals surface area contributed by atoms with Crippen LogP contribution in [0, 0.1) is 0 Å². The number of nitrogens with two attached hydrogens (primary N) is 4. The van der Waals surface area contributed by atoms with E-state index in [-0.39, 0.29) is 18.9 Å². The van der Waals surface area contributed by atoms with Crippen molar-refractivity contribution < 1.29 is 9.59 Å². The van der Waals surface area contributed by atoms with Crippen molar-refractivity contribution in [2.24, 2.45) is 27.9 Å². The summed E-state index contributed by atoms with van der Waals surface area (Å²) in [6.07, 6.45) is 0.295. The molecule has 0 bridgehead atoms. The number of benzene rings is 3. The molecule has 3 aromatic carbocycles. The number of carbonyl (C=O) groups excluding carboxylic acids is 2. The second-order valence-corrected chi connectivity index (χ2v) is 7.92. The first-order valence-corrected chi connectivity index (χ1v) is 10.7. The maximum Gasteiger partial charge on any atom is 0.245 e. The maximum absolute atomic E-state index is 14.5. The minimum atomic E-state index is -1.96. The average molecular weight is 444 g/mol. The highest BCUT2D eigenvalue weighted by Gasteiger charge is 2.54. The summed E-state index contributed by atoms with van der Waals surface area (Å²) >= 11 is 0. The van der Waals surface area contributed by atoms with Crippen molar-refractivity contribution in [3.05, 3.63) is 108 Å². The van der Waals surface area contributed by atoms with Gasteiger partial charge >= 0.3 is 0 Å². The third-order valence-corrected chi connectivity index (χ3v) is 5.83. The fourth-order valence-electron chi connectivity index (χ4n) is 4.21. The van der Waals surface area contributed by atoms with E-state index in [4.69, 9.17) is 22.9 Å². The zero-order valence-corrected chi connectivity index (χ0v) is 18.4. The zero-order valence-electron chi connectivity index (χ0n) is 18.4. The quantitative estimate of drug-likeness (QED) is 0.124. The van der Waals surface area contributed by atoms with Crippen LogP contribution in [0.4, 0.5) is 0 Å².